The molecule has 1 heterocycles. The molecule has 1 saturated carbocycles. The second kappa shape index (κ2) is 7.80. The number of amides is 1. The Morgan fingerprint density at radius 1 is 1.20 bits per heavy atom. The fourth-order valence-electron chi connectivity index (χ4n) is 2.32. The van der Waals surface area contributed by atoms with Crippen LogP contribution in [0.4, 0.5) is 0 Å². The normalized spacial score (nSPS) is 14.2. The highest BCUT2D eigenvalue weighted by Crippen LogP contribution is 2.28. The van der Waals surface area contributed by atoms with Gasteiger partial charge in [0.25, 0.3) is 0 Å². The number of carbonyl (C=O) groups is 1. The molecule has 1 fully saturated rings. The van der Waals surface area contributed by atoms with Crippen LogP contribution in [0.3, 0.4) is 0 Å². The van der Waals surface area contributed by atoms with E-state index in [0.29, 0.717) is 18.5 Å². The molecule has 0 aliphatic heterocycles. The van der Waals surface area contributed by atoms with Crippen molar-refractivity contribution in [2.24, 2.45) is 5.92 Å². The molecular formula is C20H21N3O2. The molecule has 1 amide bonds. The summed E-state index contributed by atoms with van der Waals surface area (Å²) in [5, 5.41) is 2.86. The van der Waals surface area contributed by atoms with Crippen LogP contribution in [0.1, 0.15) is 49.4 Å². The smallest absolute Gasteiger partial charge is 0.316 e. The van der Waals surface area contributed by atoms with Crippen molar-refractivity contribution in [2.45, 2.75) is 32.7 Å². The first-order valence-electron chi connectivity index (χ1n) is 8.44. The number of hydrogen-bond donors (Lipinski definition) is 1. The van der Waals surface area contributed by atoms with Gasteiger partial charge in [-0.2, -0.15) is 0 Å². The summed E-state index contributed by atoms with van der Waals surface area (Å²) in [6.07, 6.45) is 5.84. The van der Waals surface area contributed by atoms with Crippen LogP contribution in [0.5, 0.6) is 6.01 Å². The summed E-state index contributed by atoms with van der Waals surface area (Å²) >= 11 is 0. The maximum atomic E-state index is 11.1. The van der Waals surface area contributed by atoms with Gasteiger partial charge in [0.1, 0.15) is 0 Å². The summed E-state index contributed by atoms with van der Waals surface area (Å²) < 4.78 is 5.51. The largest absolute Gasteiger partial charge is 0.463 e. The molecule has 1 aliphatic carbocycles. The Hall–Kier alpha value is -2.87. The number of ether oxygens (including phenoxy) is 1. The van der Waals surface area contributed by atoms with E-state index in [1.165, 1.54) is 19.8 Å². The molecule has 1 aromatic heterocycles. The predicted octanol–water partition coefficient (Wildman–Crippen LogP) is 2.86. The summed E-state index contributed by atoms with van der Waals surface area (Å²) in [5.41, 5.74) is 2.68. The van der Waals surface area contributed by atoms with Gasteiger partial charge in [-0.25, -0.2) is 9.97 Å². The molecule has 1 aliphatic rings. The van der Waals surface area contributed by atoms with Gasteiger partial charge in [-0.1, -0.05) is 24.0 Å². The van der Waals surface area contributed by atoms with E-state index in [2.05, 4.69) is 27.1 Å². The van der Waals surface area contributed by atoms with Gasteiger partial charge in [0.2, 0.25) is 5.91 Å². The van der Waals surface area contributed by atoms with E-state index in [9.17, 15) is 4.79 Å². The molecule has 1 atom stereocenters. The van der Waals surface area contributed by atoms with Crippen molar-refractivity contribution in [3.63, 3.8) is 0 Å². The van der Waals surface area contributed by atoms with Crippen molar-refractivity contribution < 1.29 is 9.53 Å². The maximum absolute atomic E-state index is 11.1. The van der Waals surface area contributed by atoms with Gasteiger partial charge < -0.3 is 10.1 Å². The number of rotatable bonds is 5. The molecule has 0 saturated heterocycles. The Balaban J connectivity index is 1.59. The van der Waals surface area contributed by atoms with Crippen molar-refractivity contribution >= 4 is 5.91 Å². The van der Waals surface area contributed by atoms with Crippen LogP contribution < -0.4 is 10.1 Å². The van der Waals surface area contributed by atoms with Crippen molar-refractivity contribution in [3.05, 3.63) is 53.3 Å². The van der Waals surface area contributed by atoms with Crippen molar-refractivity contribution in [3.8, 4) is 17.9 Å². The van der Waals surface area contributed by atoms with Gasteiger partial charge in [0.15, 0.2) is 0 Å². The monoisotopic (exact) mass is 335 g/mol. The highest BCUT2D eigenvalue weighted by molar-refractivity contribution is 5.73. The van der Waals surface area contributed by atoms with E-state index in [-0.39, 0.29) is 11.9 Å². The summed E-state index contributed by atoms with van der Waals surface area (Å²) in [5.74, 6) is 6.77. The zero-order chi connectivity index (χ0) is 17.6. The second-order valence-corrected chi connectivity index (χ2v) is 6.30. The zero-order valence-electron chi connectivity index (χ0n) is 14.5. The van der Waals surface area contributed by atoms with Crippen LogP contribution in [-0.2, 0) is 4.79 Å². The van der Waals surface area contributed by atoms with E-state index >= 15 is 0 Å². The Bertz CT molecular complexity index is 784. The Morgan fingerprint density at radius 3 is 2.44 bits per heavy atom. The van der Waals surface area contributed by atoms with E-state index in [1.807, 2.05) is 31.2 Å². The minimum atomic E-state index is -0.0408. The first-order chi connectivity index (χ1) is 12.1. The maximum Gasteiger partial charge on any atom is 0.316 e. The molecular weight excluding hydrogens is 314 g/mol. The van der Waals surface area contributed by atoms with Gasteiger partial charge in [0.05, 0.1) is 18.2 Å². The minimum Gasteiger partial charge on any atom is -0.463 e. The molecule has 1 N–H and O–H groups in total. The minimum absolute atomic E-state index is 0.0175. The summed E-state index contributed by atoms with van der Waals surface area (Å²) in [4.78, 5) is 19.5. The third-order valence-electron chi connectivity index (χ3n) is 3.95. The molecule has 5 nitrogen and oxygen atoms in total. The molecule has 1 unspecified atom stereocenters. The number of aromatic nitrogens is 2. The predicted molar refractivity (Wildman–Crippen MR) is 94.9 cm³/mol. The summed E-state index contributed by atoms with van der Waals surface area (Å²) in [6, 6.07) is 8.21. The molecule has 0 spiro atoms. The zero-order valence-corrected chi connectivity index (χ0v) is 14.5. The molecule has 25 heavy (non-hydrogen) atoms. The highest BCUT2D eigenvalue weighted by Gasteiger charge is 2.22. The average Bonchev–Trinajstić information content (AvgIpc) is 3.43. The Morgan fingerprint density at radius 2 is 1.84 bits per heavy atom. The van der Waals surface area contributed by atoms with Crippen LogP contribution in [0.25, 0.3) is 0 Å². The number of hydrogen-bond acceptors (Lipinski definition) is 4. The number of carbonyl (C=O) groups excluding carboxylic acids is 1. The first kappa shape index (κ1) is 17.0. The van der Waals surface area contributed by atoms with Crippen LogP contribution in [0, 0.1) is 17.8 Å². The van der Waals surface area contributed by atoms with Gasteiger partial charge in [0, 0.05) is 24.9 Å². The SMILES string of the molecule is CC(=O)NC(C)c1ccc(C#Cc2cnc(OCC3CC3)nc2)cc1. The second-order valence-electron chi connectivity index (χ2n) is 6.30. The average molecular weight is 335 g/mol. The van der Waals surface area contributed by atoms with Gasteiger partial charge in [-0.3, -0.25) is 4.79 Å². The Labute approximate surface area is 147 Å². The fourth-order valence-corrected chi connectivity index (χ4v) is 2.32. The highest BCUT2D eigenvalue weighted by atomic mass is 16.5. The van der Waals surface area contributed by atoms with E-state index in [4.69, 9.17) is 4.74 Å². The third-order valence-corrected chi connectivity index (χ3v) is 3.95. The molecule has 2 aromatic rings. The quantitative estimate of drug-likeness (QED) is 0.854. The van der Waals surface area contributed by atoms with Gasteiger partial charge >= 0.3 is 6.01 Å². The topological polar surface area (TPSA) is 64.1 Å². The standard InChI is InChI=1S/C20H21N3O2/c1-14(23-15(2)24)19-9-7-16(8-10-19)3-6-18-11-21-20(22-12-18)25-13-17-4-5-17/h7-12,14,17H,4-5,13H2,1-2H3,(H,23,24). The third kappa shape index (κ3) is 5.32. The molecule has 3 rings (SSSR count). The lowest BCUT2D eigenvalue weighted by molar-refractivity contribution is -0.119. The van der Waals surface area contributed by atoms with E-state index in [0.717, 1.165) is 16.7 Å². The van der Waals surface area contributed by atoms with Crippen LogP contribution in [0.15, 0.2) is 36.7 Å². The van der Waals surface area contributed by atoms with Gasteiger partial charge in [-0.05, 0) is 43.4 Å². The van der Waals surface area contributed by atoms with Crippen molar-refractivity contribution in [1.29, 1.82) is 0 Å². The van der Waals surface area contributed by atoms with Crippen LogP contribution in [-0.4, -0.2) is 22.5 Å². The number of benzene rings is 1. The lowest BCUT2D eigenvalue weighted by atomic mass is 10.1. The molecule has 0 bridgehead atoms. The molecule has 128 valence electrons. The molecule has 1 aromatic carbocycles. The Kier molecular flexibility index (Phi) is 5.30. The van der Waals surface area contributed by atoms with Crippen molar-refractivity contribution in [1.82, 2.24) is 15.3 Å². The van der Waals surface area contributed by atoms with E-state index < -0.39 is 0 Å². The lowest BCUT2D eigenvalue weighted by Gasteiger charge is -2.12. The fraction of sp³-hybridized carbons (Fsp3) is 0.350. The molecule has 0 radical (unpaired) electrons. The van der Waals surface area contributed by atoms with Crippen LogP contribution in [0.2, 0.25) is 0 Å². The van der Waals surface area contributed by atoms with Crippen LogP contribution >= 0.6 is 0 Å². The lowest BCUT2D eigenvalue weighted by Crippen LogP contribution is -2.23. The van der Waals surface area contributed by atoms with E-state index in [1.54, 1.807) is 12.4 Å². The molecule has 5 heteroatoms. The summed E-state index contributed by atoms with van der Waals surface area (Å²) in [6.45, 7) is 4.17. The van der Waals surface area contributed by atoms with Gasteiger partial charge in [-0.15, -0.1) is 0 Å². The summed E-state index contributed by atoms with van der Waals surface area (Å²) in [7, 11) is 0. The first-order valence-corrected chi connectivity index (χ1v) is 8.44. The number of nitrogens with zero attached hydrogens (tertiary/aromatic N) is 2. The van der Waals surface area contributed by atoms with Crippen molar-refractivity contribution in [2.75, 3.05) is 6.61 Å². The number of nitrogens with one attached hydrogen (secondary N) is 1.